The number of carbonyl (C=O) groups is 1. The zero-order chi connectivity index (χ0) is 17.0. The molecular weight excluding hydrogens is 359 g/mol. The molecule has 2 saturated heterocycles. The van der Waals surface area contributed by atoms with E-state index in [1.807, 2.05) is 31.3 Å². The van der Waals surface area contributed by atoms with Gasteiger partial charge in [-0.05, 0) is 62.9 Å². The minimum absolute atomic E-state index is 0. The lowest BCUT2D eigenvalue weighted by Gasteiger charge is -2.42. The molecule has 2 fully saturated rings. The summed E-state index contributed by atoms with van der Waals surface area (Å²) in [5, 5.41) is 3.94. The number of rotatable bonds is 4. The Labute approximate surface area is 161 Å². The molecule has 0 spiro atoms. The van der Waals surface area contributed by atoms with Gasteiger partial charge in [-0.25, -0.2) is 0 Å². The van der Waals surface area contributed by atoms with Crippen LogP contribution >= 0.6 is 24.0 Å². The summed E-state index contributed by atoms with van der Waals surface area (Å²) in [4.78, 5) is 15.5. The van der Waals surface area contributed by atoms with E-state index in [1.54, 1.807) is 0 Å². The number of carbonyl (C=O) groups excluding carboxylic acids is 1. The van der Waals surface area contributed by atoms with Crippen molar-refractivity contribution in [3.63, 3.8) is 0 Å². The van der Waals surface area contributed by atoms with Crippen LogP contribution in [0, 0.1) is 5.92 Å². The Kier molecular flexibility index (Phi) is 7.56. The SMILES string of the molecule is CNCC1CCN(C(=O)C2(c3cccc(Cl)c3)CCOCC2)CC1.Cl. The molecule has 1 amide bonds. The van der Waals surface area contributed by atoms with Crippen molar-refractivity contribution in [2.45, 2.75) is 31.1 Å². The highest BCUT2D eigenvalue weighted by atomic mass is 35.5. The van der Waals surface area contributed by atoms with Gasteiger partial charge < -0.3 is 15.0 Å². The van der Waals surface area contributed by atoms with E-state index in [0.29, 0.717) is 24.2 Å². The quantitative estimate of drug-likeness (QED) is 0.862. The number of hydrogen-bond donors (Lipinski definition) is 1. The summed E-state index contributed by atoms with van der Waals surface area (Å²) >= 11 is 6.21. The van der Waals surface area contributed by atoms with Crippen molar-refractivity contribution in [2.24, 2.45) is 5.92 Å². The lowest BCUT2D eigenvalue weighted by atomic mass is 9.72. The molecule has 3 rings (SSSR count). The fourth-order valence-electron chi connectivity index (χ4n) is 4.06. The Balaban J connectivity index is 0.00000225. The Hall–Kier alpha value is -0.810. The van der Waals surface area contributed by atoms with Gasteiger partial charge in [0.15, 0.2) is 0 Å². The van der Waals surface area contributed by atoms with Gasteiger partial charge in [0.1, 0.15) is 0 Å². The first kappa shape index (κ1) is 20.5. The van der Waals surface area contributed by atoms with Crippen LogP contribution in [0.4, 0.5) is 0 Å². The van der Waals surface area contributed by atoms with Crippen molar-refractivity contribution >= 4 is 29.9 Å². The number of hydrogen-bond acceptors (Lipinski definition) is 3. The van der Waals surface area contributed by atoms with Gasteiger partial charge in [0.2, 0.25) is 5.91 Å². The second kappa shape index (κ2) is 9.22. The third-order valence-electron chi connectivity index (χ3n) is 5.53. The van der Waals surface area contributed by atoms with Crippen LogP contribution in [-0.4, -0.2) is 50.7 Å². The minimum atomic E-state index is -0.473. The number of nitrogens with one attached hydrogen (secondary N) is 1. The predicted octanol–water partition coefficient (Wildman–Crippen LogP) is 3.27. The molecule has 0 aromatic heterocycles. The van der Waals surface area contributed by atoms with Gasteiger partial charge in [-0.3, -0.25) is 4.79 Å². The van der Waals surface area contributed by atoms with Crippen molar-refractivity contribution in [1.82, 2.24) is 10.2 Å². The lowest BCUT2D eigenvalue weighted by molar-refractivity contribution is -0.142. The first-order valence-electron chi connectivity index (χ1n) is 8.93. The van der Waals surface area contributed by atoms with Crippen LogP contribution in [0.3, 0.4) is 0 Å². The molecule has 2 aliphatic rings. The molecule has 6 heteroatoms. The lowest BCUT2D eigenvalue weighted by Crippen LogP contribution is -2.52. The largest absolute Gasteiger partial charge is 0.381 e. The molecular formula is C19H28Cl2N2O2. The van der Waals surface area contributed by atoms with E-state index < -0.39 is 5.41 Å². The molecule has 0 radical (unpaired) electrons. The van der Waals surface area contributed by atoms with Crippen LogP contribution in [-0.2, 0) is 14.9 Å². The van der Waals surface area contributed by atoms with Gasteiger partial charge in [0, 0.05) is 31.3 Å². The van der Waals surface area contributed by atoms with E-state index in [1.165, 1.54) is 0 Å². The third kappa shape index (κ3) is 4.48. The predicted molar refractivity (Wildman–Crippen MR) is 104 cm³/mol. The highest BCUT2D eigenvalue weighted by molar-refractivity contribution is 6.30. The van der Waals surface area contributed by atoms with E-state index >= 15 is 0 Å². The summed E-state index contributed by atoms with van der Waals surface area (Å²) in [6, 6.07) is 7.81. The smallest absolute Gasteiger partial charge is 0.233 e. The number of piperidine rings is 1. The van der Waals surface area contributed by atoms with E-state index in [2.05, 4.69) is 10.2 Å². The zero-order valence-corrected chi connectivity index (χ0v) is 16.4. The molecule has 1 aromatic carbocycles. The maximum Gasteiger partial charge on any atom is 0.233 e. The molecule has 2 heterocycles. The molecule has 0 aliphatic carbocycles. The van der Waals surface area contributed by atoms with Crippen LogP contribution in [0.15, 0.2) is 24.3 Å². The van der Waals surface area contributed by atoms with Gasteiger partial charge in [-0.2, -0.15) is 0 Å². The van der Waals surface area contributed by atoms with Crippen molar-refractivity contribution in [2.75, 3.05) is 39.9 Å². The number of nitrogens with zero attached hydrogens (tertiary/aromatic N) is 1. The van der Waals surface area contributed by atoms with Crippen LogP contribution in [0.2, 0.25) is 5.02 Å². The molecule has 0 saturated carbocycles. The second-order valence-corrected chi connectivity index (χ2v) is 7.43. The van der Waals surface area contributed by atoms with Crippen molar-refractivity contribution < 1.29 is 9.53 Å². The van der Waals surface area contributed by atoms with Crippen LogP contribution in [0.5, 0.6) is 0 Å². The Bertz CT molecular complexity index is 568. The van der Waals surface area contributed by atoms with Gasteiger partial charge >= 0.3 is 0 Å². The number of likely N-dealkylation sites (tertiary alicyclic amines) is 1. The fourth-order valence-corrected chi connectivity index (χ4v) is 4.25. The number of ether oxygens (including phenoxy) is 1. The highest BCUT2D eigenvalue weighted by Gasteiger charge is 2.44. The summed E-state index contributed by atoms with van der Waals surface area (Å²) in [5.74, 6) is 0.937. The van der Waals surface area contributed by atoms with Crippen LogP contribution in [0.1, 0.15) is 31.2 Å². The van der Waals surface area contributed by atoms with Gasteiger partial charge in [0.05, 0.1) is 5.41 Å². The van der Waals surface area contributed by atoms with E-state index in [-0.39, 0.29) is 18.3 Å². The first-order valence-corrected chi connectivity index (χ1v) is 9.31. The molecule has 0 atom stereocenters. The third-order valence-corrected chi connectivity index (χ3v) is 5.76. The van der Waals surface area contributed by atoms with Crippen LogP contribution in [0.25, 0.3) is 0 Å². The average molecular weight is 387 g/mol. The van der Waals surface area contributed by atoms with Gasteiger partial charge in [0.25, 0.3) is 0 Å². The molecule has 4 nitrogen and oxygen atoms in total. The maximum atomic E-state index is 13.5. The summed E-state index contributed by atoms with van der Waals surface area (Å²) < 4.78 is 5.55. The summed E-state index contributed by atoms with van der Waals surface area (Å²) in [7, 11) is 1.99. The molecule has 0 bridgehead atoms. The Morgan fingerprint density at radius 3 is 2.60 bits per heavy atom. The molecule has 1 N–H and O–H groups in total. The standard InChI is InChI=1S/C19H27ClN2O2.ClH/c1-21-14-15-5-9-22(10-6-15)18(23)19(7-11-24-12-8-19)16-3-2-4-17(20)13-16;/h2-4,13,15,21H,5-12,14H2,1H3;1H. The number of halogens is 2. The summed E-state index contributed by atoms with van der Waals surface area (Å²) in [6.07, 6.45) is 3.63. The molecule has 1 aromatic rings. The molecule has 25 heavy (non-hydrogen) atoms. The monoisotopic (exact) mass is 386 g/mol. The second-order valence-electron chi connectivity index (χ2n) is 7.00. The Morgan fingerprint density at radius 1 is 1.32 bits per heavy atom. The minimum Gasteiger partial charge on any atom is -0.381 e. The average Bonchev–Trinajstić information content (AvgIpc) is 2.63. The first-order chi connectivity index (χ1) is 11.7. The highest BCUT2D eigenvalue weighted by Crippen LogP contribution is 2.38. The van der Waals surface area contributed by atoms with Crippen molar-refractivity contribution in [3.05, 3.63) is 34.9 Å². The van der Waals surface area contributed by atoms with Crippen LogP contribution < -0.4 is 5.32 Å². The topological polar surface area (TPSA) is 41.6 Å². The summed E-state index contributed by atoms with van der Waals surface area (Å²) in [6.45, 7) is 4.01. The molecule has 0 unspecified atom stereocenters. The summed E-state index contributed by atoms with van der Waals surface area (Å²) in [5.41, 5.74) is 0.569. The maximum absolute atomic E-state index is 13.5. The van der Waals surface area contributed by atoms with Crippen molar-refractivity contribution in [3.8, 4) is 0 Å². The molecule has 2 aliphatic heterocycles. The Morgan fingerprint density at radius 2 is 2.00 bits per heavy atom. The number of benzene rings is 1. The van der Waals surface area contributed by atoms with E-state index in [0.717, 1.165) is 50.9 Å². The normalized spacial score (nSPS) is 20.8. The zero-order valence-electron chi connectivity index (χ0n) is 14.8. The van der Waals surface area contributed by atoms with E-state index in [4.69, 9.17) is 16.3 Å². The van der Waals surface area contributed by atoms with Crippen molar-refractivity contribution in [1.29, 1.82) is 0 Å². The number of amides is 1. The fraction of sp³-hybridized carbons (Fsp3) is 0.632. The van der Waals surface area contributed by atoms with Gasteiger partial charge in [-0.1, -0.05) is 23.7 Å². The van der Waals surface area contributed by atoms with E-state index in [9.17, 15) is 4.79 Å². The van der Waals surface area contributed by atoms with Gasteiger partial charge in [-0.15, -0.1) is 12.4 Å². The molecule has 140 valence electrons.